The minimum Gasteiger partial charge on any atom is -0.335 e. The van der Waals surface area contributed by atoms with Gasteiger partial charge in [0.25, 0.3) is 5.89 Å². The van der Waals surface area contributed by atoms with E-state index in [9.17, 15) is 0 Å². The third kappa shape index (κ3) is 2.46. The van der Waals surface area contributed by atoms with Crippen molar-refractivity contribution in [3.8, 4) is 0 Å². The number of aromatic nitrogens is 2. The van der Waals surface area contributed by atoms with Crippen molar-refractivity contribution in [2.75, 3.05) is 0 Å². The van der Waals surface area contributed by atoms with E-state index in [2.05, 4.69) is 10.1 Å². The molecule has 3 rings (SSSR count). The van der Waals surface area contributed by atoms with Crippen LogP contribution in [0.3, 0.4) is 0 Å². The Balaban J connectivity index is 1.81. The molecule has 2 N–H and O–H groups in total. The summed E-state index contributed by atoms with van der Waals surface area (Å²) in [7, 11) is 0. The Morgan fingerprint density at radius 2 is 2.05 bits per heavy atom. The fourth-order valence-electron chi connectivity index (χ4n) is 2.10. The van der Waals surface area contributed by atoms with Crippen molar-refractivity contribution >= 4 is 35.4 Å². The number of hydrogen-bond donors (Lipinski definition) is 1. The normalized spacial score (nSPS) is 17.4. The Morgan fingerprint density at radius 1 is 1.25 bits per heavy atom. The second-order valence-corrected chi connectivity index (χ2v) is 5.73. The molecule has 0 radical (unpaired) electrons. The molecule has 0 aliphatic heterocycles. The number of hydrogen-bond acceptors (Lipinski definition) is 4. The minimum atomic E-state index is -0.413. The zero-order chi connectivity index (χ0) is 14.2. The monoisotopic (exact) mass is 309 g/mol. The van der Waals surface area contributed by atoms with Crippen LogP contribution in [0.15, 0.2) is 22.7 Å². The highest BCUT2D eigenvalue weighted by Gasteiger charge is 2.38. The van der Waals surface area contributed by atoms with E-state index in [0.717, 1.165) is 24.8 Å². The van der Waals surface area contributed by atoms with Crippen molar-refractivity contribution in [3.63, 3.8) is 0 Å². The van der Waals surface area contributed by atoms with Crippen LogP contribution < -0.4 is 5.73 Å². The van der Waals surface area contributed by atoms with Crippen LogP contribution in [-0.4, -0.2) is 10.1 Å². The number of halogens is 2. The van der Waals surface area contributed by atoms with Gasteiger partial charge in [-0.1, -0.05) is 40.5 Å². The molecule has 0 amide bonds. The summed E-state index contributed by atoms with van der Waals surface area (Å²) in [5.41, 5.74) is 6.52. The number of rotatable bonds is 3. The first-order valence-corrected chi connectivity index (χ1v) is 7.09. The fraction of sp³-hybridized carbons (Fsp3) is 0.286. The average molecular weight is 310 g/mol. The van der Waals surface area contributed by atoms with Gasteiger partial charge in [0.05, 0.1) is 15.6 Å². The smallest absolute Gasteiger partial charge is 0.250 e. The Labute approximate surface area is 126 Å². The van der Waals surface area contributed by atoms with Gasteiger partial charge in [-0.25, -0.2) is 0 Å². The van der Waals surface area contributed by atoms with Gasteiger partial charge in [-0.15, -0.1) is 0 Å². The molecule has 1 saturated carbocycles. The molecule has 6 heteroatoms. The van der Waals surface area contributed by atoms with E-state index in [-0.39, 0.29) is 0 Å². The Bertz CT molecular complexity index is 662. The molecule has 1 aromatic carbocycles. The molecular formula is C14H13Cl2N3O. The van der Waals surface area contributed by atoms with Gasteiger partial charge in [0.2, 0.25) is 0 Å². The van der Waals surface area contributed by atoms with Gasteiger partial charge in [0.15, 0.2) is 5.82 Å². The van der Waals surface area contributed by atoms with Gasteiger partial charge >= 0.3 is 0 Å². The molecule has 0 spiro atoms. The summed E-state index contributed by atoms with van der Waals surface area (Å²) in [6.07, 6.45) is 6.39. The van der Waals surface area contributed by atoms with Crippen molar-refractivity contribution in [1.82, 2.24) is 10.1 Å². The first-order valence-electron chi connectivity index (χ1n) is 6.34. The second-order valence-electron chi connectivity index (χ2n) is 4.94. The van der Waals surface area contributed by atoms with Crippen molar-refractivity contribution in [2.24, 2.45) is 5.73 Å². The largest absolute Gasteiger partial charge is 0.335 e. The molecule has 20 heavy (non-hydrogen) atoms. The third-order valence-electron chi connectivity index (χ3n) is 3.52. The Kier molecular flexibility index (Phi) is 3.54. The number of nitrogens with zero attached hydrogens (tertiary/aromatic N) is 2. The zero-order valence-electron chi connectivity index (χ0n) is 10.6. The van der Waals surface area contributed by atoms with Crippen LogP contribution in [-0.2, 0) is 5.54 Å². The lowest BCUT2D eigenvalue weighted by molar-refractivity contribution is 0.229. The molecule has 0 saturated heterocycles. The average Bonchev–Trinajstić information content (AvgIpc) is 2.87. The van der Waals surface area contributed by atoms with E-state index in [4.69, 9.17) is 33.5 Å². The first-order chi connectivity index (χ1) is 9.58. The van der Waals surface area contributed by atoms with Gasteiger partial charge < -0.3 is 10.3 Å². The molecule has 0 atom stereocenters. The van der Waals surface area contributed by atoms with Gasteiger partial charge in [-0.3, -0.25) is 0 Å². The summed E-state index contributed by atoms with van der Waals surface area (Å²) in [6, 6.07) is 5.43. The van der Waals surface area contributed by atoms with Crippen LogP contribution in [0.1, 0.15) is 36.5 Å². The van der Waals surface area contributed by atoms with E-state index < -0.39 is 5.54 Å². The van der Waals surface area contributed by atoms with E-state index in [0.29, 0.717) is 21.8 Å². The quantitative estimate of drug-likeness (QED) is 0.934. The Morgan fingerprint density at radius 3 is 2.75 bits per heavy atom. The molecule has 2 aromatic rings. The molecule has 0 unspecified atom stereocenters. The maximum absolute atomic E-state index is 6.14. The van der Waals surface area contributed by atoms with Gasteiger partial charge in [0, 0.05) is 6.08 Å². The third-order valence-corrected chi connectivity index (χ3v) is 4.35. The maximum atomic E-state index is 6.14. The van der Waals surface area contributed by atoms with Crippen molar-refractivity contribution in [3.05, 3.63) is 45.5 Å². The molecule has 1 aliphatic rings. The fourth-order valence-corrected chi connectivity index (χ4v) is 2.47. The number of nitrogens with two attached hydrogens (primary N) is 1. The molecule has 1 aromatic heterocycles. The van der Waals surface area contributed by atoms with Gasteiger partial charge in [-0.2, -0.15) is 4.98 Å². The predicted molar refractivity (Wildman–Crippen MR) is 79.4 cm³/mol. The number of benzene rings is 1. The summed E-state index contributed by atoms with van der Waals surface area (Å²) in [5.74, 6) is 0.980. The maximum Gasteiger partial charge on any atom is 0.250 e. The summed E-state index contributed by atoms with van der Waals surface area (Å²) in [6.45, 7) is 0. The molecule has 104 valence electrons. The van der Waals surface area contributed by atoms with Crippen molar-refractivity contribution in [1.29, 1.82) is 0 Å². The van der Waals surface area contributed by atoms with Gasteiger partial charge in [-0.05, 0) is 37.0 Å². The Hall–Kier alpha value is -1.36. The standard InChI is InChI=1S/C14H13Cl2N3O/c15-10-4-1-3-9(12(10)16)5-6-11-18-13(19-20-11)14(17)7-2-8-14/h1,3-6H,2,7-8,17H2/b6-5+. The van der Waals surface area contributed by atoms with Crippen LogP contribution in [0.5, 0.6) is 0 Å². The van der Waals surface area contributed by atoms with Crippen LogP contribution in [0.25, 0.3) is 12.2 Å². The van der Waals surface area contributed by atoms with Crippen LogP contribution >= 0.6 is 23.2 Å². The van der Waals surface area contributed by atoms with E-state index in [1.54, 1.807) is 18.2 Å². The van der Waals surface area contributed by atoms with Crippen molar-refractivity contribution < 1.29 is 4.52 Å². The van der Waals surface area contributed by atoms with E-state index >= 15 is 0 Å². The zero-order valence-corrected chi connectivity index (χ0v) is 12.2. The highest BCUT2D eigenvalue weighted by Crippen LogP contribution is 2.37. The lowest BCUT2D eigenvalue weighted by Crippen LogP contribution is -2.44. The highest BCUT2D eigenvalue weighted by molar-refractivity contribution is 6.42. The van der Waals surface area contributed by atoms with Crippen LogP contribution in [0, 0.1) is 0 Å². The summed E-state index contributed by atoms with van der Waals surface area (Å²) >= 11 is 12.1. The predicted octanol–water partition coefficient (Wildman–Crippen LogP) is 3.88. The molecular weight excluding hydrogens is 297 g/mol. The van der Waals surface area contributed by atoms with E-state index in [1.165, 1.54) is 0 Å². The topological polar surface area (TPSA) is 64.9 Å². The molecule has 1 heterocycles. The molecule has 1 aliphatic carbocycles. The molecule has 4 nitrogen and oxygen atoms in total. The minimum absolute atomic E-state index is 0.410. The first kappa shape index (κ1) is 13.6. The van der Waals surface area contributed by atoms with Gasteiger partial charge in [0.1, 0.15) is 0 Å². The highest BCUT2D eigenvalue weighted by atomic mass is 35.5. The molecule has 0 bridgehead atoms. The van der Waals surface area contributed by atoms with E-state index in [1.807, 2.05) is 12.1 Å². The SMILES string of the molecule is NC1(c2noc(/C=C/c3cccc(Cl)c3Cl)n2)CCC1. The summed E-state index contributed by atoms with van der Waals surface area (Å²) in [4.78, 5) is 4.31. The summed E-state index contributed by atoms with van der Waals surface area (Å²) < 4.78 is 5.17. The lowest BCUT2D eigenvalue weighted by Gasteiger charge is -2.34. The molecule has 1 fully saturated rings. The van der Waals surface area contributed by atoms with Crippen LogP contribution in [0.4, 0.5) is 0 Å². The second kappa shape index (κ2) is 5.20. The summed E-state index contributed by atoms with van der Waals surface area (Å²) in [5, 5.41) is 4.95. The van der Waals surface area contributed by atoms with Crippen LogP contribution in [0.2, 0.25) is 10.0 Å². The lowest BCUT2D eigenvalue weighted by atomic mass is 9.77. The van der Waals surface area contributed by atoms with Crippen molar-refractivity contribution in [2.45, 2.75) is 24.8 Å².